The molecule has 0 spiro atoms. The van der Waals surface area contributed by atoms with Gasteiger partial charge in [0.05, 0.1) is 0 Å². The fourth-order valence-electron chi connectivity index (χ4n) is 7.07. The molecule has 6 nitrogen and oxygen atoms in total. The summed E-state index contributed by atoms with van der Waals surface area (Å²) in [5.74, 6) is -0.340. The van der Waals surface area contributed by atoms with Crippen LogP contribution in [0.15, 0.2) is 158 Å². The van der Waals surface area contributed by atoms with E-state index in [1.165, 1.54) is 0 Å². The minimum absolute atomic E-state index is 0.170. The first kappa shape index (κ1) is 27.4. The number of hydrogen-bond donors (Lipinski definition) is 4. The Bertz CT molecular complexity index is 2090. The fraction of sp³-hybridized carbons (Fsp3) is 0.0500. The van der Waals surface area contributed by atoms with Crippen LogP contribution in [-0.2, 0) is 11.1 Å². The van der Waals surface area contributed by atoms with E-state index in [1.54, 1.807) is 24.3 Å². The Balaban J connectivity index is 1.29. The van der Waals surface area contributed by atoms with E-state index >= 15 is 0 Å². The molecule has 6 aromatic rings. The van der Waals surface area contributed by atoms with Crippen LogP contribution in [0.2, 0.25) is 0 Å². The first-order valence-electron chi connectivity index (χ1n) is 15.3. The zero-order valence-corrected chi connectivity index (χ0v) is 24.8. The highest BCUT2D eigenvalue weighted by Crippen LogP contribution is 2.64. The topological polar surface area (TPSA) is 82.3 Å². The highest BCUT2D eigenvalue weighted by atomic mass is 16.2. The van der Waals surface area contributed by atoms with Crippen LogP contribution in [0.3, 0.4) is 0 Å². The van der Waals surface area contributed by atoms with Crippen LogP contribution in [0.1, 0.15) is 43.0 Å². The smallest absolute Gasteiger partial charge is 0.255 e. The molecule has 4 N–H and O–H groups in total. The molecule has 2 atom stereocenters. The van der Waals surface area contributed by atoms with E-state index in [1.807, 2.05) is 72.8 Å². The Hall–Kier alpha value is -6.14. The maximum atomic E-state index is 13.2. The van der Waals surface area contributed by atoms with Crippen molar-refractivity contribution in [3.63, 3.8) is 0 Å². The van der Waals surface area contributed by atoms with Gasteiger partial charge in [-0.05, 0) is 65.7 Å². The van der Waals surface area contributed by atoms with E-state index in [0.29, 0.717) is 22.5 Å². The second kappa shape index (κ2) is 10.8. The average molecular weight is 599 g/mol. The molecule has 0 bridgehead atoms. The van der Waals surface area contributed by atoms with Gasteiger partial charge >= 0.3 is 0 Å². The van der Waals surface area contributed by atoms with E-state index in [4.69, 9.17) is 0 Å². The fourth-order valence-corrected chi connectivity index (χ4v) is 7.07. The third-order valence-electron chi connectivity index (χ3n) is 9.06. The predicted octanol–water partition coefficient (Wildman–Crippen LogP) is 8.23. The van der Waals surface area contributed by atoms with E-state index < -0.39 is 11.1 Å². The van der Waals surface area contributed by atoms with Gasteiger partial charge in [0, 0.05) is 45.0 Å². The Morgan fingerprint density at radius 1 is 0.435 bits per heavy atom. The van der Waals surface area contributed by atoms with Crippen LogP contribution in [-0.4, -0.2) is 11.8 Å². The molecular weight excluding hydrogens is 568 g/mol. The number of hydrogen-bond acceptors (Lipinski definition) is 4. The van der Waals surface area contributed by atoms with Crippen molar-refractivity contribution in [3.05, 3.63) is 191 Å². The van der Waals surface area contributed by atoms with Crippen molar-refractivity contribution >= 4 is 34.6 Å². The molecule has 2 aliphatic rings. The van der Waals surface area contributed by atoms with Gasteiger partial charge in [-0.15, -0.1) is 0 Å². The van der Waals surface area contributed by atoms with Crippen LogP contribution < -0.4 is 21.3 Å². The Kier molecular flexibility index (Phi) is 6.43. The molecule has 46 heavy (non-hydrogen) atoms. The first-order chi connectivity index (χ1) is 22.6. The molecule has 222 valence electrons. The second-order valence-electron chi connectivity index (χ2n) is 11.6. The number of benzene rings is 6. The van der Waals surface area contributed by atoms with Crippen LogP contribution in [0.4, 0.5) is 22.7 Å². The Morgan fingerprint density at radius 3 is 1.41 bits per heavy atom. The Labute approximate surface area is 267 Å². The third kappa shape index (κ3) is 4.19. The van der Waals surface area contributed by atoms with Gasteiger partial charge in [-0.25, -0.2) is 0 Å². The lowest BCUT2D eigenvalue weighted by molar-refractivity contribution is 0.101. The molecule has 0 unspecified atom stereocenters. The summed E-state index contributed by atoms with van der Waals surface area (Å²) in [4.78, 5) is 26.3. The summed E-state index contributed by atoms with van der Waals surface area (Å²) in [6.07, 6.45) is 0. The van der Waals surface area contributed by atoms with Crippen molar-refractivity contribution in [1.82, 2.24) is 0 Å². The van der Waals surface area contributed by atoms with Gasteiger partial charge in [0.1, 0.15) is 11.1 Å². The number of nitrogens with one attached hydrogen (secondary N) is 4. The van der Waals surface area contributed by atoms with Gasteiger partial charge in [-0.2, -0.15) is 0 Å². The second-order valence-corrected chi connectivity index (χ2v) is 11.6. The summed E-state index contributed by atoms with van der Waals surface area (Å²) in [6.45, 7) is 0. The molecule has 0 radical (unpaired) electrons. The molecule has 0 aromatic heterocycles. The van der Waals surface area contributed by atoms with Crippen molar-refractivity contribution in [2.75, 3.05) is 21.3 Å². The van der Waals surface area contributed by atoms with Gasteiger partial charge in [-0.3, -0.25) is 9.59 Å². The highest BCUT2D eigenvalue weighted by molar-refractivity contribution is 6.05. The maximum absolute atomic E-state index is 13.2. The summed E-state index contributed by atoms with van der Waals surface area (Å²) >= 11 is 0. The summed E-state index contributed by atoms with van der Waals surface area (Å²) in [5, 5.41) is 14.1. The predicted molar refractivity (Wildman–Crippen MR) is 183 cm³/mol. The van der Waals surface area contributed by atoms with Crippen LogP contribution in [0.5, 0.6) is 0 Å². The number of rotatable bonds is 6. The minimum atomic E-state index is -0.803. The summed E-state index contributed by atoms with van der Waals surface area (Å²) in [5.41, 5.74) is 7.06. The summed E-state index contributed by atoms with van der Waals surface area (Å²) < 4.78 is 0. The number of carbonyl (C=O) groups excluding carboxylic acids is 2. The molecule has 8 rings (SSSR count). The molecule has 6 heteroatoms. The van der Waals surface area contributed by atoms with Crippen molar-refractivity contribution < 1.29 is 9.59 Å². The lowest BCUT2D eigenvalue weighted by Gasteiger charge is -2.42. The van der Waals surface area contributed by atoms with Gasteiger partial charge in [0.25, 0.3) is 11.8 Å². The Morgan fingerprint density at radius 2 is 0.870 bits per heavy atom. The highest BCUT2D eigenvalue weighted by Gasteiger charge is 2.65. The minimum Gasteiger partial charge on any atom is -0.369 e. The van der Waals surface area contributed by atoms with Crippen LogP contribution in [0.25, 0.3) is 0 Å². The molecular formula is C40H30N4O2. The molecule has 6 aromatic carbocycles. The van der Waals surface area contributed by atoms with Crippen molar-refractivity contribution in [3.8, 4) is 0 Å². The zero-order valence-electron chi connectivity index (χ0n) is 24.8. The molecule has 2 amide bonds. The summed E-state index contributed by atoms with van der Waals surface area (Å²) in [7, 11) is 0. The quantitative estimate of drug-likeness (QED) is 0.156. The van der Waals surface area contributed by atoms with Crippen molar-refractivity contribution in [2.45, 2.75) is 11.1 Å². The number of carbonyl (C=O) groups is 2. The zero-order chi connectivity index (χ0) is 31.1. The first-order valence-corrected chi connectivity index (χ1v) is 15.3. The molecule has 0 saturated carbocycles. The van der Waals surface area contributed by atoms with Gasteiger partial charge in [-0.1, -0.05) is 103 Å². The third-order valence-corrected chi connectivity index (χ3v) is 9.06. The number of amides is 2. The van der Waals surface area contributed by atoms with Crippen LogP contribution >= 0.6 is 0 Å². The SMILES string of the molecule is O=C(Nc1ccc2c(c1)N[C@@]1(c3ccccc3)c3cc(NC(=O)c4ccccc4)ccc3N[C@@]21c1ccccc1)c1ccccc1. The van der Waals surface area contributed by atoms with E-state index in [9.17, 15) is 9.59 Å². The van der Waals surface area contributed by atoms with Gasteiger partial charge < -0.3 is 21.3 Å². The lowest BCUT2D eigenvalue weighted by atomic mass is 9.66. The molecule has 2 aliphatic heterocycles. The van der Waals surface area contributed by atoms with Crippen molar-refractivity contribution in [2.24, 2.45) is 0 Å². The van der Waals surface area contributed by atoms with Crippen molar-refractivity contribution in [1.29, 1.82) is 0 Å². The largest absolute Gasteiger partial charge is 0.369 e. The van der Waals surface area contributed by atoms with E-state index in [-0.39, 0.29) is 11.8 Å². The van der Waals surface area contributed by atoms with E-state index in [2.05, 4.69) is 81.9 Å². The molecule has 0 aliphatic carbocycles. The monoisotopic (exact) mass is 598 g/mol. The average Bonchev–Trinajstić information content (AvgIpc) is 3.57. The standard InChI is InChI=1S/C40H30N4O2/c45-37(27-13-5-1-6-14-27)41-31-22-24-35-34(25-31)40(30-19-11-4-12-20-30)39(43-35,29-17-9-3-10-18-29)33-23-21-32(26-36(33)44-40)42-38(46)28-15-7-2-8-16-28/h1-26,43-44H,(H,41,45)(H,42,46)/t39-,40-/m0/s1. The lowest BCUT2D eigenvalue weighted by Crippen LogP contribution is -2.51. The number of anilines is 4. The van der Waals surface area contributed by atoms with Crippen LogP contribution in [0, 0.1) is 0 Å². The maximum Gasteiger partial charge on any atom is 0.255 e. The normalized spacial score (nSPS) is 18.7. The van der Waals surface area contributed by atoms with Gasteiger partial charge in [0.15, 0.2) is 0 Å². The van der Waals surface area contributed by atoms with E-state index in [0.717, 1.165) is 33.6 Å². The van der Waals surface area contributed by atoms with Gasteiger partial charge in [0.2, 0.25) is 0 Å². The number of fused-ring (bicyclic) bond motifs is 5. The summed E-state index contributed by atoms with van der Waals surface area (Å²) in [6, 6.07) is 51.4. The molecule has 0 saturated heterocycles. The molecule has 0 fully saturated rings. The molecule has 2 heterocycles.